The van der Waals surface area contributed by atoms with Crippen molar-refractivity contribution in [3.8, 4) is 5.75 Å². The van der Waals surface area contributed by atoms with Crippen LogP contribution in [0, 0.1) is 20.8 Å². The van der Waals surface area contributed by atoms with Crippen molar-refractivity contribution in [2.24, 2.45) is 0 Å². The quantitative estimate of drug-likeness (QED) is 0.858. The van der Waals surface area contributed by atoms with E-state index in [2.05, 4.69) is 35.1 Å². The van der Waals surface area contributed by atoms with Crippen LogP contribution in [0.25, 0.3) is 0 Å². The van der Waals surface area contributed by atoms with Gasteiger partial charge in [-0.2, -0.15) is 5.10 Å². The van der Waals surface area contributed by atoms with Gasteiger partial charge < -0.3 is 10.0 Å². The fourth-order valence-electron chi connectivity index (χ4n) is 2.68. The lowest BCUT2D eigenvalue weighted by molar-refractivity contribution is 0.315. The number of nitrogens with zero attached hydrogens (tertiary/aromatic N) is 2. The van der Waals surface area contributed by atoms with Gasteiger partial charge in [-0.15, -0.1) is 0 Å². The third-order valence-corrected chi connectivity index (χ3v) is 3.92. The van der Waals surface area contributed by atoms with Crippen LogP contribution in [0.4, 0.5) is 0 Å². The number of hydrogen-bond acceptors (Lipinski definition) is 3. The molecule has 0 saturated heterocycles. The molecule has 0 radical (unpaired) electrons. The van der Waals surface area contributed by atoms with Gasteiger partial charge in [-0.1, -0.05) is 17.7 Å². The highest BCUT2D eigenvalue weighted by molar-refractivity contribution is 5.35. The number of nitrogens with one attached hydrogen (secondary N) is 1. The highest BCUT2D eigenvalue weighted by Crippen LogP contribution is 2.20. The van der Waals surface area contributed by atoms with E-state index in [0.29, 0.717) is 5.75 Å². The minimum absolute atomic E-state index is 0.383. The molecule has 0 saturated carbocycles. The Morgan fingerprint density at radius 1 is 1.24 bits per heavy atom. The van der Waals surface area contributed by atoms with E-state index < -0.39 is 0 Å². The number of phenolic OH excluding ortho intramolecular Hbond substituents is 1. The van der Waals surface area contributed by atoms with Crippen molar-refractivity contribution in [3.05, 3.63) is 46.3 Å². The molecule has 0 bridgehead atoms. The molecule has 1 aromatic carbocycles. The Labute approximate surface area is 126 Å². The van der Waals surface area contributed by atoms with Crippen molar-refractivity contribution in [3.63, 3.8) is 0 Å². The van der Waals surface area contributed by atoms with E-state index in [9.17, 15) is 5.11 Å². The fraction of sp³-hybridized carbons (Fsp3) is 0.471. The van der Waals surface area contributed by atoms with Crippen LogP contribution in [0.5, 0.6) is 5.75 Å². The number of aromatic amines is 1. The molecule has 4 heteroatoms. The molecule has 0 aliphatic heterocycles. The molecule has 0 spiro atoms. The summed E-state index contributed by atoms with van der Waals surface area (Å²) >= 11 is 0. The van der Waals surface area contributed by atoms with Crippen LogP contribution >= 0.6 is 0 Å². The van der Waals surface area contributed by atoms with E-state index >= 15 is 0 Å². The van der Waals surface area contributed by atoms with E-state index in [4.69, 9.17) is 0 Å². The maximum absolute atomic E-state index is 9.89. The zero-order valence-corrected chi connectivity index (χ0v) is 13.4. The number of hydrogen-bond donors (Lipinski definition) is 2. The first-order chi connectivity index (χ1) is 9.97. The summed E-state index contributed by atoms with van der Waals surface area (Å²) in [6.45, 7) is 7.94. The molecule has 0 aliphatic rings. The minimum atomic E-state index is 0.383. The Kier molecular flexibility index (Phi) is 5.02. The summed E-state index contributed by atoms with van der Waals surface area (Å²) in [6.07, 6.45) is 2.13. The number of aryl methyl sites for hydroxylation is 3. The Bertz CT molecular complexity index is 585. The molecule has 0 amide bonds. The zero-order valence-electron chi connectivity index (χ0n) is 13.4. The molecule has 0 unspecified atom stereocenters. The van der Waals surface area contributed by atoms with Gasteiger partial charge in [0.25, 0.3) is 0 Å². The number of rotatable bonds is 6. The van der Waals surface area contributed by atoms with Crippen LogP contribution in [0.2, 0.25) is 0 Å². The molecule has 0 atom stereocenters. The number of H-pyrrole nitrogens is 1. The van der Waals surface area contributed by atoms with Crippen LogP contribution in [0.1, 0.15) is 34.5 Å². The van der Waals surface area contributed by atoms with Gasteiger partial charge in [-0.05, 0) is 58.8 Å². The second-order valence-corrected chi connectivity index (χ2v) is 5.89. The first kappa shape index (κ1) is 15.6. The molecule has 2 aromatic rings. The molecule has 1 heterocycles. The van der Waals surface area contributed by atoms with E-state index in [-0.39, 0.29) is 0 Å². The van der Waals surface area contributed by atoms with Gasteiger partial charge in [0.15, 0.2) is 0 Å². The lowest BCUT2D eigenvalue weighted by Crippen LogP contribution is -2.19. The second-order valence-electron chi connectivity index (χ2n) is 5.89. The van der Waals surface area contributed by atoms with Crippen molar-refractivity contribution in [1.82, 2.24) is 15.1 Å². The zero-order chi connectivity index (χ0) is 15.4. The average molecular weight is 287 g/mol. The van der Waals surface area contributed by atoms with Crippen LogP contribution in [-0.2, 0) is 13.0 Å². The third kappa shape index (κ3) is 4.08. The van der Waals surface area contributed by atoms with E-state index in [0.717, 1.165) is 37.2 Å². The molecule has 2 rings (SSSR count). The largest absolute Gasteiger partial charge is 0.508 e. The van der Waals surface area contributed by atoms with Gasteiger partial charge in [0.05, 0.1) is 5.69 Å². The van der Waals surface area contributed by atoms with Crippen molar-refractivity contribution >= 4 is 0 Å². The standard InChI is InChI=1S/C17H25N3O/c1-12-7-8-17(21)15(10-12)11-20(4)9-5-6-16-13(2)18-19-14(16)3/h7-8,10,21H,5-6,9,11H2,1-4H3,(H,18,19). The summed E-state index contributed by atoms with van der Waals surface area (Å²) in [5.74, 6) is 0.383. The lowest BCUT2D eigenvalue weighted by Gasteiger charge is -2.17. The highest BCUT2D eigenvalue weighted by Gasteiger charge is 2.08. The van der Waals surface area contributed by atoms with Crippen LogP contribution in [-0.4, -0.2) is 33.8 Å². The highest BCUT2D eigenvalue weighted by atomic mass is 16.3. The van der Waals surface area contributed by atoms with Crippen molar-refractivity contribution < 1.29 is 5.11 Å². The number of benzene rings is 1. The smallest absolute Gasteiger partial charge is 0.120 e. The van der Waals surface area contributed by atoms with Crippen LogP contribution < -0.4 is 0 Å². The Morgan fingerprint density at radius 3 is 2.67 bits per heavy atom. The molecule has 0 fully saturated rings. The lowest BCUT2D eigenvalue weighted by atomic mass is 10.1. The molecular formula is C17H25N3O. The summed E-state index contributed by atoms with van der Waals surface area (Å²) < 4.78 is 0. The van der Waals surface area contributed by atoms with Crippen molar-refractivity contribution in [1.29, 1.82) is 0 Å². The number of aromatic nitrogens is 2. The maximum Gasteiger partial charge on any atom is 0.120 e. The van der Waals surface area contributed by atoms with Gasteiger partial charge in [0.2, 0.25) is 0 Å². The topological polar surface area (TPSA) is 52.1 Å². The summed E-state index contributed by atoms with van der Waals surface area (Å²) in [6, 6.07) is 5.76. The third-order valence-electron chi connectivity index (χ3n) is 3.92. The van der Waals surface area contributed by atoms with Gasteiger partial charge >= 0.3 is 0 Å². The van der Waals surface area contributed by atoms with Gasteiger partial charge in [0.1, 0.15) is 5.75 Å². The summed E-state index contributed by atoms with van der Waals surface area (Å²) in [5, 5.41) is 17.2. The maximum atomic E-state index is 9.89. The van der Waals surface area contributed by atoms with E-state index in [1.807, 2.05) is 19.9 Å². The second kappa shape index (κ2) is 6.76. The number of phenols is 1. The minimum Gasteiger partial charge on any atom is -0.508 e. The molecule has 114 valence electrons. The molecular weight excluding hydrogens is 262 g/mol. The Hall–Kier alpha value is -1.81. The molecule has 4 nitrogen and oxygen atoms in total. The van der Waals surface area contributed by atoms with E-state index in [1.165, 1.54) is 16.8 Å². The number of aromatic hydroxyl groups is 1. The summed E-state index contributed by atoms with van der Waals surface area (Å²) in [7, 11) is 2.09. The van der Waals surface area contributed by atoms with Crippen LogP contribution in [0.3, 0.4) is 0 Å². The summed E-state index contributed by atoms with van der Waals surface area (Å²) in [4.78, 5) is 2.25. The van der Waals surface area contributed by atoms with Gasteiger partial charge in [0, 0.05) is 17.8 Å². The van der Waals surface area contributed by atoms with E-state index in [1.54, 1.807) is 6.07 Å². The Morgan fingerprint density at radius 2 is 2.00 bits per heavy atom. The first-order valence-corrected chi connectivity index (χ1v) is 7.45. The molecule has 0 aliphatic carbocycles. The average Bonchev–Trinajstić information content (AvgIpc) is 2.74. The van der Waals surface area contributed by atoms with Crippen molar-refractivity contribution in [2.75, 3.05) is 13.6 Å². The molecule has 21 heavy (non-hydrogen) atoms. The predicted molar refractivity (Wildman–Crippen MR) is 85.6 cm³/mol. The SMILES string of the molecule is Cc1ccc(O)c(CN(C)CCCc2c(C)n[nH]c2C)c1. The van der Waals surface area contributed by atoms with Gasteiger partial charge in [-0.25, -0.2) is 0 Å². The van der Waals surface area contributed by atoms with Crippen molar-refractivity contribution in [2.45, 2.75) is 40.2 Å². The fourth-order valence-corrected chi connectivity index (χ4v) is 2.68. The predicted octanol–water partition coefficient (Wildman–Crippen LogP) is 3.11. The molecule has 2 N–H and O–H groups in total. The summed E-state index contributed by atoms with van der Waals surface area (Å²) in [5.41, 5.74) is 5.79. The Balaban J connectivity index is 1.85. The normalized spacial score (nSPS) is 11.3. The monoisotopic (exact) mass is 287 g/mol. The first-order valence-electron chi connectivity index (χ1n) is 7.45. The molecule has 1 aromatic heterocycles. The van der Waals surface area contributed by atoms with Gasteiger partial charge in [-0.3, -0.25) is 5.10 Å². The van der Waals surface area contributed by atoms with Crippen LogP contribution in [0.15, 0.2) is 18.2 Å².